The molecule has 0 saturated carbocycles. The van der Waals surface area contributed by atoms with Gasteiger partial charge in [0.2, 0.25) is 0 Å². The zero-order valence-corrected chi connectivity index (χ0v) is 18.4. The predicted octanol–water partition coefficient (Wildman–Crippen LogP) is 6.15. The topological polar surface area (TPSA) is 25.8 Å². The van der Waals surface area contributed by atoms with E-state index in [0.29, 0.717) is 0 Å². The molecule has 30 heavy (non-hydrogen) atoms. The number of rotatable bonds is 1. The molecule has 146 valence electrons. The molecule has 1 aliphatic carbocycles. The molecular formula is C27H18N2Pt. The minimum atomic E-state index is 0. The second-order valence-corrected chi connectivity index (χ2v) is 6.91. The van der Waals surface area contributed by atoms with Gasteiger partial charge in [-0.3, -0.25) is 0 Å². The van der Waals surface area contributed by atoms with E-state index >= 15 is 0 Å². The minimum Gasteiger partial charge on any atom is -0.305 e. The fourth-order valence-corrected chi connectivity index (χ4v) is 3.76. The van der Waals surface area contributed by atoms with Gasteiger partial charge in [-0.1, -0.05) is 35.9 Å². The van der Waals surface area contributed by atoms with Crippen LogP contribution in [0.5, 0.6) is 0 Å². The Morgan fingerprint density at radius 3 is 2.37 bits per heavy atom. The Morgan fingerprint density at radius 1 is 0.667 bits per heavy atom. The van der Waals surface area contributed by atoms with E-state index in [1.807, 2.05) is 60.8 Å². The zero-order chi connectivity index (χ0) is 19.5. The SMILES string of the molecule is [Pt+2].[c-]1cccc2c1-c1nccc3cccc(c13)C2.[c-]1ccccc1-c1ccccn1. The summed E-state index contributed by atoms with van der Waals surface area (Å²) in [6, 6.07) is 34.9. The summed E-state index contributed by atoms with van der Waals surface area (Å²) < 4.78 is 0. The van der Waals surface area contributed by atoms with E-state index in [1.165, 1.54) is 21.9 Å². The van der Waals surface area contributed by atoms with Gasteiger partial charge >= 0.3 is 21.1 Å². The molecule has 6 rings (SSSR count). The molecule has 0 amide bonds. The Kier molecular flexibility index (Phi) is 6.16. The van der Waals surface area contributed by atoms with Crippen molar-refractivity contribution in [1.82, 2.24) is 9.97 Å². The second kappa shape index (κ2) is 9.15. The predicted molar refractivity (Wildman–Crippen MR) is 117 cm³/mol. The van der Waals surface area contributed by atoms with Crippen molar-refractivity contribution in [3.63, 3.8) is 0 Å². The number of hydrogen-bond acceptors (Lipinski definition) is 2. The molecule has 0 aliphatic heterocycles. The van der Waals surface area contributed by atoms with Gasteiger partial charge < -0.3 is 9.97 Å². The van der Waals surface area contributed by atoms with E-state index < -0.39 is 0 Å². The maximum Gasteiger partial charge on any atom is 2.00 e. The van der Waals surface area contributed by atoms with Crippen molar-refractivity contribution in [2.75, 3.05) is 0 Å². The number of aromatic nitrogens is 2. The quantitative estimate of drug-likeness (QED) is 0.224. The van der Waals surface area contributed by atoms with Crippen LogP contribution < -0.4 is 0 Å². The van der Waals surface area contributed by atoms with Crippen LogP contribution in [0.25, 0.3) is 33.3 Å². The van der Waals surface area contributed by atoms with Gasteiger partial charge in [0, 0.05) is 12.4 Å². The molecule has 3 aromatic carbocycles. The molecule has 0 fully saturated rings. The van der Waals surface area contributed by atoms with E-state index in [9.17, 15) is 0 Å². The van der Waals surface area contributed by atoms with Gasteiger partial charge in [0.15, 0.2) is 0 Å². The van der Waals surface area contributed by atoms with E-state index in [4.69, 9.17) is 0 Å². The molecule has 0 saturated heterocycles. The van der Waals surface area contributed by atoms with Crippen LogP contribution in [0.2, 0.25) is 0 Å². The summed E-state index contributed by atoms with van der Waals surface area (Å²) in [5.74, 6) is 0. The van der Waals surface area contributed by atoms with Crippen LogP contribution in [0.1, 0.15) is 11.1 Å². The van der Waals surface area contributed by atoms with E-state index in [2.05, 4.69) is 52.4 Å². The Morgan fingerprint density at radius 2 is 1.53 bits per heavy atom. The van der Waals surface area contributed by atoms with Crippen molar-refractivity contribution < 1.29 is 21.1 Å². The summed E-state index contributed by atoms with van der Waals surface area (Å²) in [6.45, 7) is 0. The third-order valence-corrected chi connectivity index (χ3v) is 5.09. The molecule has 0 radical (unpaired) electrons. The number of fused-ring (bicyclic) bond motifs is 2. The van der Waals surface area contributed by atoms with Crippen LogP contribution in [-0.4, -0.2) is 9.97 Å². The van der Waals surface area contributed by atoms with Gasteiger partial charge in [0.1, 0.15) is 0 Å². The van der Waals surface area contributed by atoms with Crippen LogP contribution >= 0.6 is 0 Å². The monoisotopic (exact) mass is 565 g/mol. The number of nitrogens with zero attached hydrogens (tertiary/aromatic N) is 2. The van der Waals surface area contributed by atoms with E-state index in [1.54, 1.807) is 6.20 Å². The first kappa shape index (κ1) is 20.2. The maximum atomic E-state index is 4.55. The molecule has 3 heteroatoms. The summed E-state index contributed by atoms with van der Waals surface area (Å²) in [6.07, 6.45) is 4.66. The number of pyridine rings is 2. The summed E-state index contributed by atoms with van der Waals surface area (Å²) in [5, 5.41) is 2.57. The minimum absolute atomic E-state index is 0. The van der Waals surface area contributed by atoms with Gasteiger partial charge in [0.25, 0.3) is 0 Å². The summed E-state index contributed by atoms with van der Waals surface area (Å²) >= 11 is 0. The third kappa shape index (κ3) is 3.97. The van der Waals surface area contributed by atoms with Crippen LogP contribution in [0.4, 0.5) is 0 Å². The zero-order valence-electron chi connectivity index (χ0n) is 16.2. The Bertz CT molecular complexity index is 1230. The van der Waals surface area contributed by atoms with Crippen molar-refractivity contribution >= 4 is 10.8 Å². The van der Waals surface area contributed by atoms with Crippen molar-refractivity contribution in [2.45, 2.75) is 6.42 Å². The molecule has 5 aromatic rings. The standard InChI is InChI=1S/C16H10N.C11H8N.Pt/c1-2-7-14-12(4-1)10-13-6-3-5-11-8-9-17-16(14)15(11)13;1-2-6-10(7-3-1)11-8-4-5-9-12-11;/h1-6,8-9H,10H2;1-6,8-9H;/q2*-1;+2. The van der Waals surface area contributed by atoms with Crippen molar-refractivity contribution in [1.29, 1.82) is 0 Å². The first-order valence-electron chi connectivity index (χ1n) is 9.65. The molecule has 0 spiro atoms. The van der Waals surface area contributed by atoms with E-state index in [0.717, 1.165) is 28.9 Å². The third-order valence-electron chi connectivity index (χ3n) is 5.09. The largest absolute Gasteiger partial charge is 2.00 e. The van der Waals surface area contributed by atoms with Crippen LogP contribution in [0.3, 0.4) is 0 Å². The normalized spacial score (nSPS) is 10.9. The molecular weight excluding hydrogens is 547 g/mol. The molecule has 1 aliphatic rings. The smallest absolute Gasteiger partial charge is 0.305 e. The fraction of sp³-hybridized carbons (Fsp3) is 0.0370. The molecule has 2 heterocycles. The Balaban J connectivity index is 0.000000149. The first-order valence-corrected chi connectivity index (χ1v) is 9.65. The Hall–Kier alpha value is -3.09. The summed E-state index contributed by atoms with van der Waals surface area (Å²) in [5.41, 5.74) is 6.96. The van der Waals surface area contributed by atoms with Crippen LogP contribution in [0.15, 0.2) is 97.3 Å². The summed E-state index contributed by atoms with van der Waals surface area (Å²) in [4.78, 5) is 8.77. The van der Waals surface area contributed by atoms with E-state index in [-0.39, 0.29) is 21.1 Å². The molecule has 0 bridgehead atoms. The van der Waals surface area contributed by atoms with Gasteiger partial charge in [0.05, 0.1) is 0 Å². The fourth-order valence-electron chi connectivity index (χ4n) is 3.76. The number of hydrogen-bond donors (Lipinski definition) is 0. The van der Waals surface area contributed by atoms with Crippen molar-refractivity contribution in [3.8, 4) is 22.5 Å². The van der Waals surface area contributed by atoms with Gasteiger partial charge in [-0.15, -0.1) is 71.3 Å². The number of benzene rings is 3. The Labute approximate surface area is 190 Å². The molecule has 0 N–H and O–H groups in total. The van der Waals surface area contributed by atoms with Gasteiger partial charge in [-0.05, 0) is 40.7 Å². The van der Waals surface area contributed by atoms with Crippen LogP contribution in [-0.2, 0) is 27.5 Å². The maximum absolute atomic E-state index is 4.55. The van der Waals surface area contributed by atoms with Crippen molar-refractivity contribution in [3.05, 3.63) is 121 Å². The van der Waals surface area contributed by atoms with Gasteiger partial charge in [-0.25, -0.2) is 0 Å². The molecule has 2 aromatic heterocycles. The second-order valence-electron chi connectivity index (χ2n) is 6.91. The van der Waals surface area contributed by atoms with Crippen LogP contribution in [0, 0.1) is 12.1 Å². The summed E-state index contributed by atoms with van der Waals surface area (Å²) in [7, 11) is 0. The average molecular weight is 566 g/mol. The first-order chi connectivity index (χ1) is 14.4. The average Bonchev–Trinajstić information content (AvgIpc) is 2.81. The van der Waals surface area contributed by atoms with Gasteiger partial charge in [-0.2, -0.15) is 0 Å². The molecule has 2 nitrogen and oxygen atoms in total. The molecule has 0 atom stereocenters. The van der Waals surface area contributed by atoms with Crippen molar-refractivity contribution in [2.24, 2.45) is 0 Å². The molecule has 0 unspecified atom stereocenters.